The van der Waals surface area contributed by atoms with Crippen molar-refractivity contribution in [1.82, 2.24) is 4.57 Å². The molecule has 1 aromatic heterocycles. The van der Waals surface area contributed by atoms with E-state index < -0.39 is 0 Å². The molecule has 1 heterocycles. The summed E-state index contributed by atoms with van der Waals surface area (Å²) in [4.78, 5) is 22.9. The molecular weight excluding hydrogens is 270 g/mol. The maximum Gasteiger partial charge on any atom is 0.250 e. The second-order valence-corrected chi connectivity index (χ2v) is 4.50. The van der Waals surface area contributed by atoms with E-state index in [0.29, 0.717) is 30.2 Å². The molecule has 0 atom stereocenters. The third-order valence-corrected chi connectivity index (χ3v) is 3.06. The lowest BCUT2D eigenvalue weighted by Gasteiger charge is -2.12. The van der Waals surface area contributed by atoms with Crippen LogP contribution in [0.25, 0.3) is 0 Å². The molecule has 0 N–H and O–H groups in total. The van der Waals surface area contributed by atoms with Crippen molar-refractivity contribution in [2.45, 2.75) is 13.5 Å². The van der Waals surface area contributed by atoms with E-state index in [1.807, 2.05) is 0 Å². The average molecular weight is 287 g/mol. The highest BCUT2D eigenvalue weighted by molar-refractivity contribution is 5.94. The van der Waals surface area contributed by atoms with Crippen molar-refractivity contribution >= 4 is 5.78 Å². The van der Waals surface area contributed by atoms with Gasteiger partial charge in [-0.15, -0.1) is 0 Å². The number of carbonyl (C=O) groups excluding carboxylic acids is 1. The number of carbonyl (C=O) groups is 1. The molecule has 5 heteroatoms. The number of rotatable bonds is 6. The van der Waals surface area contributed by atoms with Crippen molar-refractivity contribution < 1.29 is 14.3 Å². The fourth-order valence-corrected chi connectivity index (χ4v) is 1.91. The predicted octanol–water partition coefficient (Wildman–Crippen LogP) is 2.14. The Kier molecular flexibility index (Phi) is 4.77. The quantitative estimate of drug-likeness (QED) is 0.764. The van der Waals surface area contributed by atoms with Crippen LogP contribution in [0.15, 0.2) is 47.4 Å². The van der Waals surface area contributed by atoms with E-state index in [1.165, 1.54) is 20.1 Å². The Morgan fingerprint density at radius 3 is 2.67 bits per heavy atom. The number of ether oxygens (including phenoxy) is 2. The van der Waals surface area contributed by atoms with Gasteiger partial charge in [-0.05, 0) is 31.2 Å². The van der Waals surface area contributed by atoms with Gasteiger partial charge in [-0.1, -0.05) is 6.07 Å². The molecule has 0 unspecified atom stereocenters. The van der Waals surface area contributed by atoms with E-state index in [2.05, 4.69) is 0 Å². The summed E-state index contributed by atoms with van der Waals surface area (Å²) < 4.78 is 12.4. The molecule has 0 bridgehead atoms. The standard InChI is InChI=1S/C16H17NO4/c1-12(18)13-6-7-14(15(11-13)20-2)21-10-9-17-8-4-3-5-16(17)19/h3-8,11H,9-10H2,1-2H3. The zero-order chi connectivity index (χ0) is 15.2. The zero-order valence-corrected chi connectivity index (χ0v) is 12.0. The number of hydrogen-bond donors (Lipinski definition) is 0. The summed E-state index contributed by atoms with van der Waals surface area (Å²) in [5, 5.41) is 0. The SMILES string of the molecule is COc1cc(C(C)=O)ccc1OCCn1ccccc1=O. The summed E-state index contributed by atoms with van der Waals surface area (Å²) in [6.07, 6.45) is 1.71. The van der Waals surface area contributed by atoms with Gasteiger partial charge in [0.2, 0.25) is 0 Å². The summed E-state index contributed by atoms with van der Waals surface area (Å²) in [7, 11) is 1.52. The number of nitrogens with zero attached hydrogens (tertiary/aromatic N) is 1. The number of ketones is 1. The minimum absolute atomic E-state index is 0.0318. The van der Waals surface area contributed by atoms with E-state index in [-0.39, 0.29) is 11.3 Å². The summed E-state index contributed by atoms with van der Waals surface area (Å²) in [6.45, 7) is 2.27. The normalized spacial score (nSPS) is 10.2. The van der Waals surface area contributed by atoms with Gasteiger partial charge in [0.25, 0.3) is 5.56 Å². The van der Waals surface area contributed by atoms with Crippen LogP contribution >= 0.6 is 0 Å². The fraction of sp³-hybridized carbons (Fsp3) is 0.250. The molecule has 0 saturated heterocycles. The van der Waals surface area contributed by atoms with Gasteiger partial charge in [-0.25, -0.2) is 0 Å². The monoisotopic (exact) mass is 287 g/mol. The molecule has 0 aliphatic rings. The number of Topliss-reactive ketones (excluding diaryl/α,β-unsaturated/α-hetero) is 1. The van der Waals surface area contributed by atoms with Crippen molar-refractivity contribution in [1.29, 1.82) is 0 Å². The first-order valence-electron chi connectivity index (χ1n) is 6.59. The van der Waals surface area contributed by atoms with E-state index >= 15 is 0 Å². The van der Waals surface area contributed by atoms with Crippen LogP contribution in [-0.4, -0.2) is 24.1 Å². The van der Waals surface area contributed by atoms with Gasteiger partial charge in [-0.2, -0.15) is 0 Å². The molecule has 0 aliphatic heterocycles. The summed E-state index contributed by atoms with van der Waals surface area (Å²) in [6, 6.07) is 10.0. The first-order chi connectivity index (χ1) is 10.1. The Hall–Kier alpha value is -2.56. The summed E-state index contributed by atoms with van der Waals surface area (Å²) >= 11 is 0. The maximum atomic E-state index is 11.5. The topological polar surface area (TPSA) is 57.5 Å². The van der Waals surface area contributed by atoms with Gasteiger partial charge >= 0.3 is 0 Å². The van der Waals surface area contributed by atoms with Crippen LogP contribution in [0.1, 0.15) is 17.3 Å². The highest BCUT2D eigenvalue weighted by atomic mass is 16.5. The van der Waals surface area contributed by atoms with E-state index in [9.17, 15) is 9.59 Å². The first kappa shape index (κ1) is 14.8. The van der Waals surface area contributed by atoms with Gasteiger partial charge < -0.3 is 14.0 Å². The van der Waals surface area contributed by atoms with E-state index in [0.717, 1.165) is 0 Å². The third-order valence-electron chi connectivity index (χ3n) is 3.06. The summed E-state index contributed by atoms with van der Waals surface area (Å²) in [5.41, 5.74) is 0.499. The molecule has 2 aromatic rings. The predicted molar refractivity (Wildman–Crippen MR) is 79.2 cm³/mol. The minimum Gasteiger partial charge on any atom is -0.493 e. The second kappa shape index (κ2) is 6.74. The van der Waals surface area contributed by atoms with E-state index in [1.54, 1.807) is 41.1 Å². The maximum absolute atomic E-state index is 11.5. The zero-order valence-electron chi connectivity index (χ0n) is 12.0. The van der Waals surface area contributed by atoms with Crippen molar-refractivity contribution in [2.24, 2.45) is 0 Å². The molecule has 0 fully saturated rings. The lowest BCUT2D eigenvalue weighted by Crippen LogP contribution is -2.21. The molecule has 21 heavy (non-hydrogen) atoms. The number of hydrogen-bond acceptors (Lipinski definition) is 4. The Bertz CT molecular complexity index is 691. The molecule has 0 aliphatic carbocycles. The number of aromatic nitrogens is 1. The first-order valence-corrected chi connectivity index (χ1v) is 6.59. The van der Waals surface area contributed by atoms with Crippen LogP contribution < -0.4 is 15.0 Å². The van der Waals surface area contributed by atoms with Crippen molar-refractivity contribution in [2.75, 3.05) is 13.7 Å². The highest BCUT2D eigenvalue weighted by Crippen LogP contribution is 2.28. The average Bonchev–Trinajstić information content (AvgIpc) is 2.49. The smallest absolute Gasteiger partial charge is 0.250 e. The van der Waals surface area contributed by atoms with Gasteiger partial charge in [0, 0.05) is 17.8 Å². The number of benzene rings is 1. The molecule has 1 aromatic carbocycles. The second-order valence-electron chi connectivity index (χ2n) is 4.50. The Morgan fingerprint density at radius 1 is 1.19 bits per heavy atom. The Labute approximate surface area is 122 Å². The molecule has 2 rings (SSSR count). The molecule has 0 amide bonds. The Morgan fingerprint density at radius 2 is 2.00 bits per heavy atom. The van der Waals surface area contributed by atoms with Crippen molar-refractivity contribution in [3.05, 3.63) is 58.5 Å². The third kappa shape index (κ3) is 3.72. The van der Waals surface area contributed by atoms with Crippen molar-refractivity contribution in [3.63, 3.8) is 0 Å². The highest BCUT2D eigenvalue weighted by Gasteiger charge is 2.08. The molecular formula is C16H17NO4. The van der Waals surface area contributed by atoms with Gasteiger partial charge in [0.15, 0.2) is 17.3 Å². The van der Waals surface area contributed by atoms with E-state index in [4.69, 9.17) is 9.47 Å². The number of methoxy groups -OCH3 is 1. The van der Waals surface area contributed by atoms with Gasteiger partial charge in [0.05, 0.1) is 13.7 Å². The van der Waals surface area contributed by atoms with Crippen molar-refractivity contribution in [3.8, 4) is 11.5 Å². The van der Waals surface area contributed by atoms with Crippen LogP contribution in [0.4, 0.5) is 0 Å². The van der Waals surface area contributed by atoms with Crippen LogP contribution in [-0.2, 0) is 6.54 Å². The molecule has 0 saturated carbocycles. The lowest BCUT2D eigenvalue weighted by atomic mass is 10.1. The largest absolute Gasteiger partial charge is 0.493 e. The van der Waals surface area contributed by atoms with Crippen LogP contribution in [0.3, 0.4) is 0 Å². The van der Waals surface area contributed by atoms with Crippen LogP contribution in [0.2, 0.25) is 0 Å². The molecule has 110 valence electrons. The minimum atomic E-state index is -0.0695. The molecule has 5 nitrogen and oxygen atoms in total. The Balaban J connectivity index is 2.05. The lowest BCUT2D eigenvalue weighted by molar-refractivity contribution is 0.101. The summed E-state index contributed by atoms with van der Waals surface area (Å²) in [5.74, 6) is 1.02. The number of pyridine rings is 1. The molecule has 0 radical (unpaired) electrons. The van der Waals surface area contributed by atoms with Crippen LogP contribution in [0.5, 0.6) is 11.5 Å². The molecule has 0 spiro atoms. The van der Waals surface area contributed by atoms with Gasteiger partial charge in [-0.3, -0.25) is 9.59 Å². The van der Waals surface area contributed by atoms with Crippen LogP contribution in [0, 0.1) is 0 Å². The fourth-order valence-electron chi connectivity index (χ4n) is 1.91. The van der Waals surface area contributed by atoms with Gasteiger partial charge in [0.1, 0.15) is 6.61 Å².